The zero-order valence-electron chi connectivity index (χ0n) is 18.6. The highest BCUT2D eigenvalue weighted by atomic mass is 32.2. The summed E-state index contributed by atoms with van der Waals surface area (Å²) in [6, 6.07) is 7.83. The molecule has 3 atom stereocenters. The number of halogens is 3. The number of carbonyl (C=O) groups is 1. The maximum atomic E-state index is 13.9. The van der Waals surface area contributed by atoms with E-state index in [9.17, 15) is 31.5 Å². The SMILES string of the molecule is Cc1cc2c(c(S(=O)(=O)N3CCNCC3c3ccc(OC(F)(F)F)cc3)c1)C[C@@H](C)[C@H]2C(=O)O. The van der Waals surface area contributed by atoms with Crippen LogP contribution in [0, 0.1) is 12.8 Å². The van der Waals surface area contributed by atoms with Gasteiger partial charge in [-0.05, 0) is 59.7 Å². The van der Waals surface area contributed by atoms with Crippen LogP contribution >= 0.6 is 0 Å². The number of carboxylic acid groups (broad SMARTS) is 1. The Balaban J connectivity index is 1.72. The van der Waals surface area contributed by atoms with Crippen molar-refractivity contribution in [3.8, 4) is 5.75 Å². The molecule has 1 unspecified atom stereocenters. The largest absolute Gasteiger partial charge is 0.573 e. The van der Waals surface area contributed by atoms with Crippen LogP contribution in [-0.4, -0.2) is 49.8 Å². The first kappa shape index (κ1) is 24.5. The van der Waals surface area contributed by atoms with Crippen molar-refractivity contribution in [2.24, 2.45) is 5.92 Å². The van der Waals surface area contributed by atoms with Gasteiger partial charge in [0.2, 0.25) is 10.0 Å². The Hall–Kier alpha value is -2.63. The van der Waals surface area contributed by atoms with E-state index < -0.39 is 34.3 Å². The number of benzene rings is 2. The molecule has 1 aliphatic carbocycles. The molecule has 2 aromatic rings. The quantitative estimate of drug-likeness (QED) is 0.654. The predicted octanol–water partition coefficient (Wildman–Crippen LogP) is 3.59. The second kappa shape index (κ2) is 8.86. The van der Waals surface area contributed by atoms with Crippen molar-refractivity contribution in [1.29, 1.82) is 0 Å². The molecule has 0 saturated carbocycles. The first-order chi connectivity index (χ1) is 15.9. The number of hydrogen-bond acceptors (Lipinski definition) is 5. The molecule has 7 nitrogen and oxygen atoms in total. The lowest BCUT2D eigenvalue weighted by Gasteiger charge is -2.36. The fourth-order valence-electron chi connectivity index (χ4n) is 4.93. The number of carboxylic acids is 1. The van der Waals surface area contributed by atoms with Crippen molar-refractivity contribution in [2.75, 3.05) is 19.6 Å². The molecule has 1 saturated heterocycles. The van der Waals surface area contributed by atoms with Crippen molar-refractivity contribution in [3.63, 3.8) is 0 Å². The fourth-order valence-corrected chi connectivity index (χ4v) is 6.90. The Kier molecular flexibility index (Phi) is 6.38. The molecule has 2 aromatic carbocycles. The third kappa shape index (κ3) is 4.64. The number of alkyl halides is 3. The van der Waals surface area contributed by atoms with Gasteiger partial charge in [-0.1, -0.05) is 25.1 Å². The minimum absolute atomic E-state index is 0.0991. The molecule has 0 spiro atoms. The summed E-state index contributed by atoms with van der Waals surface area (Å²) in [6.45, 7) is 4.38. The zero-order valence-corrected chi connectivity index (χ0v) is 19.4. The van der Waals surface area contributed by atoms with Crippen LogP contribution in [0.5, 0.6) is 5.75 Å². The highest BCUT2D eigenvalue weighted by Crippen LogP contribution is 2.43. The summed E-state index contributed by atoms with van der Waals surface area (Å²) in [5.74, 6) is -2.40. The van der Waals surface area contributed by atoms with Crippen LogP contribution in [0.4, 0.5) is 13.2 Å². The number of rotatable bonds is 5. The van der Waals surface area contributed by atoms with Crippen LogP contribution in [0.25, 0.3) is 0 Å². The van der Waals surface area contributed by atoms with Gasteiger partial charge >= 0.3 is 12.3 Å². The number of nitrogens with one attached hydrogen (secondary N) is 1. The van der Waals surface area contributed by atoms with Crippen molar-refractivity contribution in [1.82, 2.24) is 9.62 Å². The molecule has 184 valence electrons. The van der Waals surface area contributed by atoms with Crippen LogP contribution in [0.3, 0.4) is 0 Å². The standard InChI is InChI=1S/C23H25F3N2O5S/c1-13-9-18-17(11-14(2)21(18)22(29)30)20(10-13)34(31,32)28-8-7-27-12-19(28)15-3-5-16(6-4-15)33-23(24,25)26/h3-6,9-10,14,19,21,27H,7-8,11-12H2,1-2H3,(H,29,30)/t14-,19?,21-/m1/s1. The molecule has 11 heteroatoms. The Bertz CT molecular complexity index is 1200. The lowest BCUT2D eigenvalue weighted by atomic mass is 9.94. The predicted molar refractivity (Wildman–Crippen MR) is 117 cm³/mol. The molecular weight excluding hydrogens is 473 g/mol. The number of nitrogens with zero attached hydrogens (tertiary/aromatic N) is 1. The number of sulfonamides is 1. The van der Waals surface area contributed by atoms with E-state index in [-0.39, 0.29) is 29.7 Å². The van der Waals surface area contributed by atoms with E-state index in [1.807, 2.05) is 0 Å². The molecule has 0 radical (unpaired) electrons. The Morgan fingerprint density at radius 2 is 1.88 bits per heavy atom. The number of aryl methyl sites for hydroxylation is 1. The highest BCUT2D eigenvalue weighted by molar-refractivity contribution is 7.89. The second-order valence-corrected chi connectivity index (χ2v) is 10.6. The summed E-state index contributed by atoms with van der Waals surface area (Å²) in [4.78, 5) is 12.0. The van der Waals surface area contributed by atoms with Gasteiger partial charge in [-0.25, -0.2) is 8.42 Å². The molecule has 1 aliphatic heterocycles. The van der Waals surface area contributed by atoms with Crippen molar-refractivity contribution >= 4 is 16.0 Å². The molecule has 0 amide bonds. The first-order valence-corrected chi connectivity index (χ1v) is 12.3. The van der Waals surface area contributed by atoms with Gasteiger partial charge < -0.3 is 15.2 Å². The Morgan fingerprint density at radius 3 is 2.50 bits per heavy atom. The summed E-state index contributed by atoms with van der Waals surface area (Å²) >= 11 is 0. The van der Waals surface area contributed by atoms with Crippen LogP contribution < -0.4 is 10.1 Å². The molecule has 1 fully saturated rings. The summed E-state index contributed by atoms with van der Waals surface area (Å²) in [7, 11) is -4.03. The smallest absolute Gasteiger partial charge is 0.481 e. The van der Waals surface area contributed by atoms with Crippen LogP contribution in [0.15, 0.2) is 41.3 Å². The average molecular weight is 499 g/mol. The van der Waals surface area contributed by atoms with E-state index in [2.05, 4.69) is 10.1 Å². The van der Waals surface area contributed by atoms with E-state index >= 15 is 0 Å². The lowest BCUT2D eigenvalue weighted by Crippen LogP contribution is -2.48. The summed E-state index contributed by atoms with van der Waals surface area (Å²) in [5.41, 5.74) is 2.22. The minimum Gasteiger partial charge on any atom is -0.481 e. The van der Waals surface area contributed by atoms with Gasteiger partial charge in [0.15, 0.2) is 0 Å². The molecule has 2 N–H and O–H groups in total. The maximum Gasteiger partial charge on any atom is 0.573 e. The molecule has 0 aromatic heterocycles. The van der Waals surface area contributed by atoms with E-state index in [0.717, 1.165) is 12.1 Å². The van der Waals surface area contributed by atoms with E-state index in [0.29, 0.717) is 35.2 Å². The maximum absolute atomic E-state index is 13.9. The van der Waals surface area contributed by atoms with Gasteiger partial charge in [0.1, 0.15) is 5.75 Å². The fraction of sp³-hybridized carbons (Fsp3) is 0.435. The third-order valence-corrected chi connectivity index (χ3v) is 8.34. The van der Waals surface area contributed by atoms with Crippen molar-refractivity contribution < 1.29 is 36.2 Å². The number of aliphatic carboxylic acids is 1. The van der Waals surface area contributed by atoms with Crippen molar-refractivity contribution in [3.05, 3.63) is 58.7 Å². The van der Waals surface area contributed by atoms with Gasteiger partial charge in [0.05, 0.1) is 16.9 Å². The van der Waals surface area contributed by atoms with Gasteiger partial charge in [0, 0.05) is 19.6 Å². The van der Waals surface area contributed by atoms with Crippen molar-refractivity contribution in [2.45, 2.75) is 43.5 Å². The number of hydrogen-bond donors (Lipinski definition) is 2. The molecule has 2 aliphatic rings. The van der Waals surface area contributed by atoms with Gasteiger partial charge in [0.25, 0.3) is 0 Å². The minimum atomic E-state index is -4.82. The summed E-state index contributed by atoms with van der Waals surface area (Å²) in [5, 5.41) is 12.8. The highest BCUT2D eigenvalue weighted by Gasteiger charge is 2.42. The lowest BCUT2D eigenvalue weighted by molar-refractivity contribution is -0.274. The van der Waals surface area contributed by atoms with Crippen LogP contribution in [-0.2, 0) is 21.2 Å². The Morgan fingerprint density at radius 1 is 1.21 bits per heavy atom. The molecular formula is C23H25F3N2O5S. The van der Waals surface area contributed by atoms with E-state index in [1.54, 1.807) is 26.0 Å². The van der Waals surface area contributed by atoms with E-state index in [4.69, 9.17) is 0 Å². The monoisotopic (exact) mass is 498 g/mol. The summed E-state index contributed by atoms with van der Waals surface area (Å²) in [6.07, 6.45) is -4.48. The zero-order chi connectivity index (χ0) is 24.8. The summed E-state index contributed by atoms with van der Waals surface area (Å²) < 4.78 is 70.5. The number of piperazine rings is 1. The normalized spacial score (nSPS) is 23.5. The van der Waals surface area contributed by atoms with Gasteiger partial charge in [-0.2, -0.15) is 4.31 Å². The second-order valence-electron chi connectivity index (χ2n) is 8.78. The average Bonchev–Trinajstić information content (AvgIpc) is 3.08. The van der Waals surface area contributed by atoms with Crippen LogP contribution in [0.1, 0.15) is 41.1 Å². The molecule has 1 heterocycles. The van der Waals surface area contributed by atoms with Crippen LogP contribution in [0.2, 0.25) is 0 Å². The molecule has 0 bridgehead atoms. The Labute approximate surface area is 195 Å². The molecule has 4 rings (SSSR count). The number of ether oxygens (including phenoxy) is 1. The van der Waals surface area contributed by atoms with Gasteiger partial charge in [-0.15, -0.1) is 13.2 Å². The van der Waals surface area contributed by atoms with E-state index in [1.165, 1.54) is 16.4 Å². The molecule has 34 heavy (non-hydrogen) atoms. The first-order valence-electron chi connectivity index (χ1n) is 10.8. The van der Waals surface area contributed by atoms with Gasteiger partial charge in [-0.3, -0.25) is 4.79 Å². The number of fused-ring (bicyclic) bond motifs is 1. The topological polar surface area (TPSA) is 95.9 Å². The third-order valence-electron chi connectivity index (χ3n) is 6.36.